The number of thioether (sulfide) groups is 1. The molecule has 2 aromatic carbocycles. The second kappa shape index (κ2) is 9.99. The van der Waals surface area contributed by atoms with Crippen LogP contribution < -0.4 is 14.2 Å². The molecule has 1 heterocycles. The van der Waals surface area contributed by atoms with E-state index in [2.05, 4.69) is 9.97 Å². The van der Waals surface area contributed by atoms with Crippen molar-refractivity contribution in [2.75, 3.05) is 20.2 Å². The molecule has 7 nitrogen and oxygen atoms in total. The molecule has 0 amide bonds. The second-order valence-corrected chi connectivity index (χ2v) is 6.82. The molecule has 150 valence electrons. The zero-order chi connectivity index (χ0) is 20.6. The second-order valence-electron chi connectivity index (χ2n) is 5.44. The Morgan fingerprint density at radius 3 is 2.24 bits per heavy atom. The lowest BCUT2D eigenvalue weighted by molar-refractivity contribution is 0.0576. The van der Waals surface area contributed by atoms with Crippen molar-refractivity contribution in [3.05, 3.63) is 65.2 Å². The minimum atomic E-state index is -0.531. The monoisotopic (exact) mass is 432 g/mol. The van der Waals surface area contributed by atoms with Crippen molar-refractivity contribution in [2.24, 2.45) is 0 Å². The highest BCUT2D eigenvalue weighted by Crippen LogP contribution is 2.34. The van der Waals surface area contributed by atoms with E-state index < -0.39 is 5.97 Å². The summed E-state index contributed by atoms with van der Waals surface area (Å²) in [7, 11) is 2.82. The van der Waals surface area contributed by atoms with Gasteiger partial charge in [0.15, 0.2) is 5.02 Å². The van der Waals surface area contributed by atoms with Crippen LogP contribution in [-0.4, -0.2) is 36.1 Å². The number of nitrogens with zero attached hydrogens (tertiary/aromatic N) is 2. The summed E-state index contributed by atoms with van der Waals surface area (Å²) >= 11 is 7.47. The van der Waals surface area contributed by atoms with Gasteiger partial charge >= 0.3 is 12.0 Å². The van der Waals surface area contributed by atoms with Crippen LogP contribution in [0.2, 0.25) is 5.02 Å². The Kier molecular flexibility index (Phi) is 7.15. The third-order valence-corrected chi connectivity index (χ3v) is 4.79. The maximum Gasteiger partial charge on any atom is 0.342 e. The summed E-state index contributed by atoms with van der Waals surface area (Å²) in [5.74, 6) is 0.0437. The molecule has 0 unspecified atom stereocenters. The molecule has 0 aliphatic rings. The lowest BCUT2D eigenvalue weighted by Crippen LogP contribution is -2.07. The average Bonchev–Trinajstić information content (AvgIpc) is 2.75. The summed E-state index contributed by atoms with van der Waals surface area (Å²) in [6.45, 7) is 0. The smallest absolute Gasteiger partial charge is 0.342 e. The van der Waals surface area contributed by atoms with E-state index in [1.807, 2.05) is 30.3 Å². The van der Waals surface area contributed by atoms with Crippen molar-refractivity contribution >= 4 is 29.3 Å². The topological polar surface area (TPSA) is 79.8 Å². The van der Waals surface area contributed by atoms with Crippen LogP contribution in [0.3, 0.4) is 0 Å². The number of rotatable bonds is 8. The van der Waals surface area contributed by atoms with Crippen molar-refractivity contribution in [3.63, 3.8) is 0 Å². The molecule has 3 rings (SSSR count). The Morgan fingerprint density at radius 2 is 1.59 bits per heavy atom. The van der Waals surface area contributed by atoms with Gasteiger partial charge in [0.1, 0.15) is 17.3 Å². The van der Waals surface area contributed by atoms with Gasteiger partial charge < -0.3 is 18.9 Å². The van der Waals surface area contributed by atoms with Gasteiger partial charge in [0.25, 0.3) is 0 Å². The highest BCUT2D eigenvalue weighted by atomic mass is 35.5. The molecule has 0 spiro atoms. The molecule has 0 aliphatic carbocycles. The maximum absolute atomic E-state index is 12.5. The van der Waals surface area contributed by atoms with Crippen LogP contribution in [0.1, 0.15) is 10.4 Å². The number of halogens is 1. The van der Waals surface area contributed by atoms with Gasteiger partial charge in [-0.15, -0.1) is 0 Å². The molecule has 9 heteroatoms. The van der Waals surface area contributed by atoms with E-state index in [0.29, 0.717) is 0 Å². The quantitative estimate of drug-likeness (QED) is 0.284. The van der Waals surface area contributed by atoms with Crippen molar-refractivity contribution in [1.82, 2.24) is 9.97 Å². The first-order chi connectivity index (χ1) is 14.1. The van der Waals surface area contributed by atoms with Crippen molar-refractivity contribution in [2.45, 2.75) is 4.90 Å². The number of hydrogen-bond donors (Lipinski definition) is 0. The third kappa shape index (κ3) is 5.30. The lowest BCUT2D eigenvalue weighted by Gasteiger charge is -2.12. The van der Waals surface area contributed by atoms with E-state index in [1.54, 1.807) is 24.3 Å². The van der Waals surface area contributed by atoms with Crippen molar-refractivity contribution in [3.8, 4) is 23.5 Å². The maximum atomic E-state index is 12.5. The molecular formula is C20H17ClN2O5S. The van der Waals surface area contributed by atoms with Crippen molar-refractivity contribution in [1.29, 1.82) is 0 Å². The lowest BCUT2D eigenvalue weighted by atomic mass is 10.2. The highest BCUT2D eigenvalue weighted by molar-refractivity contribution is 7.99. The Bertz CT molecular complexity index is 963. The summed E-state index contributed by atoms with van der Waals surface area (Å²) in [6.07, 6.45) is 0. The Hall–Kier alpha value is -2.97. The summed E-state index contributed by atoms with van der Waals surface area (Å²) in [4.78, 5) is 21.7. The third-order valence-electron chi connectivity index (χ3n) is 3.62. The number of esters is 1. The number of carbonyl (C=O) groups is 1. The van der Waals surface area contributed by atoms with E-state index >= 15 is 0 Å². The molecule has 0 aliphatic heterocycles. The Morgan fingerprint density at radius 1 is 0.966 bits per heavy atom. The SMILES string of the molecule is COc1nc(Oc2ccccc2C(=O)OCSc2ccccc2)nc(OC)c1Cl. The predicted octanol–water partition coefficient (Wildman–Crippen LogP) is 4.85. The largest absolute Gasteiger partial charge is 0.480 e. The summed E-state index contributed by atoms with van der Waals surface area (Å²) in [6, 6.07) is 16.2. The fourth-order valence-electron chi connectivity index (χ4n) is 2.27. The highest BCUT2D eigenvalue weighted by Gasteiger charge is 2.19. The first-order valence-electron chi connectivity index (χ1n) is 8.39. The molecule has 0 atom stereocenters. The van der Waals surface area contributed by atoms with E-state index in [9.17, 15) is 4.79 Å². The van der Waals surface area contributed by atoms with E-state index in [1.165, 1.54) is 26.0 Å². The molecule has 0 saturated heterocycles. The van der Waals surface area contributed by atoms with Crippen LogP contribution in [0, 0.1) is 0 Å². The molecule has 3 aromatic rings. The first kappa shape index (κ1) is 20.8. The van der Waals surface area contributed by atoms with Gasteiger partial charge in [0.2, 0.25) is 11.8 Å². The number of carbonyl (C=O) groups excluding carboxylic acids is 1. The number of ether oxygens (including phenoxy) is 4. The number of hydrogen-bond acceptors (Lipinski definition) is 8. The van der Waals surface area contributed by atoms with Crippen LogP contribution in [0.5, 0.6) is 23.5 Å². The molecule has 0 fully saturated rings. The van der Waals surface area contributed by atoms with Gasteiger partial charge in [-0.1, -0.05) is 53.7 Å². The number of para-hydroxylation sites is 1. The fourth-order valence-corrected chi connectivity index (χ4v) is 3.16. The van der Waals surface area contributed by atoms with Gasteiger partial charge in [-0.2, -0.15) is 9.97 Å². The minimum absolute atomic E-state index is 0.0815. The van der Waals surface area contributed by atoms with Gasteiger partial charge in [0.05, 0.1) is 14.2 Å². The number of methoxy groups -OCH3 is 2. The van der Waals surface area contributed by atoms with Crippen molar-refractivity contribution < 1.29 is 23.7 Å². The molecule has 0 N–H and O–H groups in total. The van der Waals surface area contributed by atoms with Gasteiger partial charge in [-0.3, -0.25) is 0 Å². The number of benzene rings is 2. The first-order valence-corrected chi connectivity index (χ1v) is 9.76. The molecular weight excluding hydrogens is 416 g/mol. The van der Waals surface area contributed by atoms with Crippen LogP contribution in [0.15, 0.2) is 59.5 Å². The van der Waals surface area contributed by atoms with Crippen LogP contribution in [0.25, 0.3) is 0 Å². The van der Waals surface area contributed by atoms with Crippen LogP contribution >= 0.6 is 23.4 Å². The summed E-state index contributed by atoms with van der Waals surface area (Å²) < 4.78 is 21.2. The normalized spacial score (nSPS) is 10.3. The van der Waals surface area contributed by atoms with Crippen LogP contribution in [-0.2, 0) is 4.74 Å². The van der Waals surface area contributed by atoms with Gasteiger partial charge in [-0.25, -0.2) is 4.79 Å². The summed E-state index contributed by atoms with van der Waals surface area (Å²) in [5.41, 5.74) is 0.234. The average molecular weight is 433 g/mol. The minimum Gasteiger partial charge on any atom is -0.480 e. The zero-order valence-corrected chi connectivity index (χ0v) is 17.2. The molecule has 0 saturated carbocycles. The molecule has 1 aromatic heterocycles. The molecule has 29 heavy (non-hydrogen) atoms. The summed E-state index contributed by atoms with van der Waals surface area (Å²) in [5, 5.41) is 0.119. The predicted molar refractivity (Wildman–Crippen MR) is 109 cm³/mol. The van der Waals surface area contributed by atoms with Gasteiger partial charge in [-0.05, 0) is 24.3 Å². The Balaban J connectivity index is 1.74. The van der Waals surface area contributed by atoms with E-state index in [-0.39, 0.29) is 40.0 Å². The molecule has 0 bridgehead atoms. The fraction of sp³-hybridized carbons (Fsp3) is 0.150. The van der Waals surface area contributed by atoms with Crippen LogP contribution in [0.4, 0.5) is 0 Å². The Labute approximate surface area is 176 Å². The van der Waals surface area contributed by atoms with E-state index in [4.69, 9.17) is 30.5 Å². The number of aromatic nitrogens is 2. The molecule has 0 radical (unpaired) electrons. The van der Waals surface area contributed by atoms with E-state index in [0.717, 1.165) is 4.90 Å². The zero-order valence-electron chi connectivity index (χ0n) is 15.6. The van der Waals surface area contributed by atoms with Gasteiger partial charge in [0, 0.05) is 4.90 Å². The standard InChI is InChI=1S/C20H17ClN2O5S/c1-25-17-16(21)18(26-2)23-20(22-17)28-15-11-7-6-10-14(15)19(24)27-12-29-13-8-4-3-5-9-13/h3-11H,12H2,1-2H3.